The number of nitrogens with zero attached hydrogens (tertiary/aromatic N) is 4. The second-order valence-electron chi connectivity index (χ2n) is 6.04. The Balaban J connectivity index is 1.95. The number of hydrogen-bond donors (Lipinski definition) is 1. The van der Waals surface area contributed by atoms with Crippen molar-refractivity contribution in [3.8, 4) is 10.4 Å². The molecule has 3 heterocycles. The summed E-state index contributed by atoms with van der Waals surface area (Å²) in [6.45, 7) is 6.07. The summed E-state index contributed by atoms with van der Waals surface area (Å²) < 4.78 is 1.94. The summed E-state index contributed by atoms with van der Waals surface area (Å²) in [4.78, 5) is 8.14. The van der Waals surface area contributed by atoms with Crippen molar-refractivity contribution in [2.24, 2.45) is 0 Å². The zero-order valence-corrected chi connectivity index (χ0v) is 14.9. The molecular formula is C17H23N5S. The van der Waals surface area contributed by atoms with Gasteiger partial charge in [0.1, 0.15) is 5.82 Å². The molecular weight excluding hydrogens is 306 g/mol. The molecule has 0 aliphatic rings. The van der Waals surface area contributed by atoms with Crippen LogP contribution < -0.4 is 5.32 Å². The van der Waals surface area contributed by atoms with E-state index < -0.39 is 0 Å². The van der Waals surface area contributed by atoms with Crippen LogP contribution in [0.4, 0.5) is 5.82 Å². The van der Waals surface area contributed by atoms with Gasteiger partial charge in [0.2, 0.25) is 0 Å². The molecule has 0 aliphatic carbocycles. The summed E-state index contributed by atoms with van der Waals surface area (Å²) in [6.07, 6.45) is 1.09. The van der Waals surface area contributed by atoms with Crippen LogP contribution >= 0.6 is 11.3 Å². The maximum atomic E-state index is 4.73. The third kappa shape index (κ3) is 3.38. The molecule has 0 unspecified atom stereocenters. The minimum absolute atomic E-state index is 0.921. The second-order valence-corrected chi connectivity index (χ2v) is 6.99. The lowest BCUT2D eigenvalue weighted by atomic mass is 10.2. The van der Waals surface area contributed by atoms with Gasteiger partial charge in [-0.1, -0.05) is 6.07 Å². The molecule has 3 aromatic heterocycles. The van der Waals surface area contributed by atoms with Crippen molar-refractivity contribution in [3.05, 3.63) is 35.0 Å². The maximum absolute atomic E-state index is 4.73. The van der Waals surface area contributed by atoms with Crippen LogP contribution in [-0.2, 0) is 0 Å². The Bertz CT molecular complexity index is 789. The molecule has 0 radical (unpaired) electrons. The van der Waals surface area contributed by atoms with Gasteiger partial charge in [0.05, 0.1) is 11.3 Å². The number of aromatic nitrogens is 3. The molecule has 0 fully saturated rings. The standard InChI is InChI=1S/C17H23N5S/c1-12-11-15(18-8-6-9-21(3)4)22-17(19-12)16(13(2)20-22)14-7-5-10-23-14/h5,7,10-11,18H,6,8-9H2,1-4H3. The molecule has 0 saturated heterocycles. The van der Waals surface area contributed by atoms with E-state index in [2.05, 4.69) is 54.8 Å². The van der Waals surface area contributed by atoms with Crippen molar-refractivity contribution in [1.29, 1.82) is 0 Å². The average Bonchev–Trinajstić information content (AvgIpc) is 3.10. The zero-order valence-electron chi connectivity index (χ0n) is 14.1. The first-order valence-electron chi connectivity index (χ1n) is 7.85. The Hall–Kier alpha value is -1.92. The number of rotatable bonds is 6. The quantitative estimate of drug-likeness (QED) is 0.704. The van der Waals surface area contributed by atoms with E-state index in [1.807, 2.05) is 11.4 Å². The van der Waals surface area contributed by atoms with Gasteiger partial charge in [-0.15, -0.1) is 11.3 Å². The van der Waals surface area contributed by atoms with Gasteiger partial charge in [-0.25, -0.2) is 4.98 Å². The van der Waals surface area contributed by atoms with Gasteiger partial charge in [-0.05, 0) is 52.4 Å². The van der Waals surface area contributed by atoms with Gasteiger partial charge >= 0.3 is 0 Å². The molecule has 0 aromatic carbocycles. The monoisotopic (exact) mass is 329 g/mol. The second kappa shape index (κ2) is 6.68. The topological polar surface area (TPSA) is 45.5 Å². The first-order chi connectivity index (χ1) is 11.1. The van der Waals surface area contributed by atoms with E-state index in [0.717, 1.165) is 47.9 Å². The molecule has 0 amide bonds. The van der Waals surface area contributed by atoms with Gasteiger partial charge in [-0.2, -0.15) is 9.61 Å². The Kier molecular flexibility index (Phi) is 4.63. The molecule has 122 valence electrons. The van der Waals surface area contributed by atoms with Crippen LogP contribution in [0.2, 0.25) is 0 Å². The fraction of sp³-hybridized carbons (Fsp3) is 0.412. The average molecular weight is 329 g/mol. The minimum atomic E-state index is 0.921. The van der Waals surface area contributed by atoms with Crippen molar-refractivity contribution >= 4 is 22.8 Å². The fourth-order valence-corrected chi connectivity index (χ4v) is 3.51. The highest BCUT2D eigenvalue weighted by Crippen LogP contribution is 2.32. The largest absolute Gasteiger partial charge is 0.370 e. The van der Waals surface area contributed by atoms with E-state index in [1.54, 1.807) is 11.3 Å². The summed E-state index contributed by atoms with van der Waals surface area (Å²) in [7, 11) is 4.19. The van der Waals surface area contributed by atoms with Crippen molar-refractivity contribution in [3.63, 3.8) is 0 Å². The van der Waals surface area contributed by atoms with Crippen LogP contribution in [0.1, 0.15) is 17.8 Å². The SMILES string of the molecule is Cc1cc(NCCCN(C)C)n2nc(C)c(-c3cccs3)c2n1. The summed E-state index contributed by atoms with van der Waals surface area (Å²) in [5.41, 5.74) is 4.09. The normalized spacial score (nSPS) is 11.5. The Labute approximate surface area is 141 Å². The highest BCUT2D eigenvalue weighted by atomic mass is 32.1. The third-order valence-electron chi connectivity index (χ3n) is 3.75. The van der Waals surface area contributed by atoms with E-state index in [9.17, 15) is 0 Å². The lowest BCUT2D eigenvalue weighted by molar-refractivity contribution is 0.405. The van der Waals surface area contributed by atoms with E-state index in [1.165, 1.54) is 4.88 Å². The van der Waals surface area contributed by atoms with Crippen LogP contribution in [0.3, 0.4) is 0 Å². The molecule has 0 spiro atoms. The van der Waals surface area contributed by atoms with Crippen molar-refractivity contribution in [2.75, 3.05) is 32.5 Å². The van der Waals surface area contributed by atoms with Crippen LogP contribution in [0, 0.1) is 13.8 Å². The van der Waals surface area contributed by atoms with Gasteiger partial charge < -0.3 is 10.2 Å². The molecule has 0 atom stereocenters. The van der Waals surface area contributed by atoms with E-state index in [4.69, 9.17) is 10.1 Å². The van der Waals surface area contributed by atoms with Crippen LogP contribution in [0.5, 0.6) is 0 Å². The number of nitrogens with one attached hydrogen (secondary N) is 1. The summed E-state index contributed by atoms with van der Waals surface area (Å²) >= 11 is 1.73. The van der Waals surface area contributed by atoms with E-state index in [0.29, 0.717) is 0 Å². The predicted octanol–water partition coefficient (Wildman–Crippen LogP) is 3.44. The predicted molar refractivity (Wildman–Crippen MR) is 97.4 cm³/mol. The van der Waals surface area contributed by atoms with Gasteiger partial charge in [0, 0.05) is 23.2 Å². The molecule has 6 heteroatoms. The lowest BCUT2D eigenvalue weighted by Crippen LogP contribution is -2.17. The maximum Gasteiger partial charge on any atom is 0.166 e. The number of hydrogen-bond acceptors (Lipinski definition) is 5. The number of anilines is 1. The molecule has 0 bridgehead atoms. The fourth-order valence-electron chi connectivity index (χ4n) is 2.69. The minimum Gasteiger partial charge on any atom is -0.370 e. The molecule has 5 nitrogen and oxygen atoms in total. The Morgan fingerprint density at radius 2 is 2.13 bits per heavy atom. The van der Waals surface area contributed by atoms with Crippen LogP contribution in [0.15, 0.2) is 23.6 Å². The summed E-state index contributed by atoms with van der Waals surface area (Å²) in [5, 5.41) is 10.3. The lowest BCUT2D eigenvalue weighted by Gasteiger charge is -2.12. The molecule has 0 saturated carbocycles. The molecule has 23 heavy (non-hydrogen) atoms. The van der Waals surface area contributed by atoms with Crippen LogP contribution in [0.25, 0.3) is 16.1 Å². The van der Waals surface area contributed by atoms with Gasteiger partial charge in [0.25, 0.3) is 0 Å². The Morgan fingerprint density at radius 3 is 2.83 bits per heavy atom. The van der Waals surface area contributed by atoms with E-state index >= 15 is 0 Å². The van der Waals surface area contributed by atoms with Gasteiger partial charge in [-0.3, -0.25) is 0 Å². The zero-order chi connectivity index (χ0) is 16.4. The highest BCUT2D eigenvalue weighted by Gasteiger charge is 2.16. The molecule has 0 aliphatic heterocycles. The van der Waals surface area contributed by atoms with Gasteiger partial charge in [0.15, 0.2) is 5.65 Å². The smallest absolute Gasteiger partial charge is 0.166 e. The number of aryl methyl sites for hydroxylation is 2. The van der Waals surface area contributed by atoms with Crippen molar-refractivity contribution in [2.45, 2.75) is 20.3 Å². The first-order valence-corrected chi connectivity index (χ1v) is 8.73. The van der Waals surface area contributed by atoms with Crippen molar-refractivity contribution in [1.82, 2.24) is 19.5 Å². The van der Waals surface area contributed by atoms with Crippen molar-refractivity contribution < 1.29 is 0 Å². The molecule has 1 N–H and O–H groups in total. The summed E-state index contributed by atoms with van der Waals surface area (Å²) in [5.74, 6) is 1.01. The van der Waals surface area contributed by atoms with E-state index in [-0.39, 0.29) is 0 Å². The molecule has 3 rings (SSSR count). The number of fused-ring (bicyclic) bond motifs is 1. The highest BCUT2D eigenvalue weighted by molar-refractivity contribution is 7.13. The van der Waals surface area contributed by atoms with Crippen LogP contribution in [-0.4, -0.2) is 46.7 Å². The Morgan fingerprint density at radius 1 is 1.30 bits per heavy atom. The molecule has 3 aromatic rings. The number of thiophene rings is 1. The first kappa shape index (κ1) is 16.0. The third-order valence-corrected chi connectivity index (χ3v) is 4.64. The summed E-state index contributed by atoms with van der Waals surface area (Å²) in [6, 6.07) is 6.26.